The van der Waals surface area contributed by atoms with Crippen LogP contribution in [-0.4, -0.2) is 26.6 Å². The Labute approximate surface area is 212 Å². The molecule has 37 heavy (non-hydrogen) atoms. The Morgan fingerprint density at radius 1 is 1.03 bits per heavy atom. The summed E-state index contributed by atoms with van der Waals surface area (Å²) < 4.78 is 40.1. The van der Waals surface area contributed by atoms with Gasteiger partial charge in [0.1, 0.15) is 5.82 Å². The highest BCUT2D eigenvalue weighted by Gasteiger charge is 2.51. The Morgan fingerprint density at radius 3 is 2.30 bits per heavy atom. The lowest BCUT2D eigenvalue weighted by molar-refractivity contribution is -0.137. The SMILES string of the molecule is Cc1ccc(Nc2ccc(CNC(=O)C3(CC(=O)c4cnc(C(C)C)nc4)CC3)nc2)c(C(F)(F)F)c1. The molecule has 1 aromatic carbocycles. The molecule has 2 aromatic heterocycles. The van der Waals surface area contributed by atoms with Crippen LogP contribution in [0.25, 0.3) is 0 Å². The van der Waals surface area contributed by atoms with Crippen molar-refractivity contribution in [2.75, 3.05) is 5.32 Å². The number of carbonyl (C=O) groups is 2. The summed E-state index contributed by atoms with van der Waals surface area (Å²) in [5, 5.41) is 5.59. The van der Waals surface area contributed by atoms with Crippen LogP contribution in [0.5, 0.6) is 0 Å². The Balaban J connectivity index is 1.33. The number of pyridine rings is 1. The highest BCUT2D eigenvalue weighted by Crippen LogP contribution is 2.49. The normalized spacial score (nSPS) is 14.4. The fourth-order valence-corrected chi connectivity index (χ4v) is 3.94. The van der Waals surface area contributed by atoms with E-state index in [1.807, 2.05) is 13.8 Å². The zero-order valence-corrected chi connectivity index (χ0v) is 20.8. The van der Waals surface area contributed by atoms with Gasteiger partial charge in [-0.3, -0.25) is 14.6 Å². The number of halogens is 3. The molecule has 0 unspecified atom stereocenters. The predicted molar refractivity (Wildman–Crippen MR) is 132 cm³/mol. The van der Waals surface area contributed by atoms with E-state index >= 15 is 0 Å². The summed E-state index contributed by atoms with van der Waals surface area (Å²) in [5.74, 6) is 0.414. The van der Waals surface area contributed by atoms with Crippen LogP contribution in [0.3, 0.4) is 0 Å². The number of alkyl halides is 3. The molecule has 0 spiro atoms. The Bertz CT molecular complexity index is 1280. The fraction of sp³-hybridized carbons (Fsp3) is 0.370. The number of ketones is 1. The lowest BCUT2D eigenvalue weighted by Crippen LogP contribution is -2.33. The van der Waals surface area contributed by atoms with Gasteiger partial charge in [0, 0.05) is 24.7 Å². The lowest BCUT2D eigenvalue weighted by atomic mass is 9.95. The maximum absolute atomic E-state index is 13.4. The number of rotatable bonds is 9. The average Bonchev–Trinajstić information content (AvgIpc) is 3.64. The van der Waals surface area contributed by atoms with Crippen LogP contribution in [-0.2, 0) is 17.5 Å². The molecule has 2 N–H and O–H groups in total. The molecule has 2 heterocycles. The highest BCUT2D eigenvalue weighted by atomic mass is 19.4. The Hall–Kier alpha value is -3.82. The monoisotopic (exact) mass is 511 g/mol. The molecular weight excluding hydrogens is 483 g/mol. The van der Waals surface area contributed by atoms with Crippen LogP contribution >= 0.6 is 0 Å². The van der Waals surface area contributed by atoms with Crippen LogP contribution in [0, 0.1) is 12.3 Å². The number of carbonyl (C=O) groups excluding carboxylic acids is 2. The van der Waals surface area contributed by atoms with Gasteiger partial charge in [-0.1, -0.05) is 25.5 Å². The molecule has 4 rings (SSSR count). The summed E-state index contributed by atoms with van der Waals surface area (Å²) in [5.41, 5.74) is 0.263. The first kappa shape index (κ1) is 26.2. The molecule has 0 bridgehead atoms. The van der Waals surface area contributed by atoms with Crippen molar-refractivity contribution in [1.29, 1.82) is 0 Å². The van der Waals surface area contributed by atoms with Crippen molar-refractivity contribution in [3.63, 3.8) is 0 Å². The second kappa shape index (κ2) is 10.3. The number of anilines is 2. The summed E-state index contributed by atoms with van der Waals surface area (Å²) in [4.78, 5) is 38.2. The van der Waals surface area contributed by atoms with E-state index in [2.05, 4.69) is 25.6 Å². The van der Waals surface area contributed by atoms with E-state index in [1.165, 1.54) is 24.7 Å². The van der Waals surface area contributed by atoms with Gasteiger partial charge < -0.3 is 10.6 Å². The maximum Gasteiger partial charge on any atom is 0.418 e. The number of aromatic nitrogens is 3. The fourth-order valence-electron chi connectivity index (χ4n) is 3.94. The van der Waals surface area contributed by atoms with E-state index in [9.17, 15) is 22.8 Å². The minimum Gasteiger partial charge on any atom is -0.354 e. The quantitative estimate of drug-likeness (QED) is 0.356. The van der Waals surface area contributed by atoms with Crippen molar-refractivity contribution in [3.05, 3.63) is 77.1 Å². The first-order chi connectivity index (χ1) is 17.5. The van der Waals surface area contributed by atoms with Crippen LogP contribution < -0.4 is 10.6 Å². The third kappa shape index (κ3) is 6.31. The van der Waals surface area contributed by atoms with Crippen molar-refractivity contribution in [2.24, 2.45) is 5.41 Å². The van der Waals surface area contributed by atoms with Crippen molar-refractivity contribution in [1.82, 2.24) is 20.3 Å². The molecule has 0 radical (unpaired) electrons. The van der Waals surface area contributed by atoms with Gasteiger partial charge in [-0.05, 0) is 44.0 Å². The zero-order valence-electron chi connectivity index (χ0n) is 20.8. The van der Waals surface area contributed by atoms with E-state index in [-0.39, 0.29) is 36.3 Å². The molecule has 194 valence electrons. The molecule has 0 atom stereocenters. The molecular formula is C27H28F3N5O2. The maximum atomic E-state index is 13.4. The van der Waals surface area contributed by atoms with E-state index < -0.39 is 17.2 Å². The number of hydrogen-bond donors (Lipinski definition) is 2. The number of Topliss-reactive ketones (excluding diaryl/α,β-unsaturated/α-hetero) is 1. The topological polar surface area (TPSA) is 96.9 Å². The number of nitrogens with one attached hydrogen (secondary N) is 2. The predicted octanol–water partition coefficient (Wildman–Crippen LogP) is 5.74. The Kier molecular flexibility index (Phi) is 7.29. The molecule has 10 heteroatoms. The summed E-state index contributed by atoms with van der Waals surface area (Å²) in [6.45, 7) is 5.67. The molecule has 1 saturated carbocycles. The number of amides is 1. The smallest absolute Gasteiger partial charge is 0.354 e. The first-order valence-corrected chi connectivity index (χ1v) is 12.0. The average molecular weight is 512 g/mol. The molecule has 3 aromatic rings. The van der Waals surface area contributed by atoms with Gasteiger partial charge in [-0.15, -0.1) is 0 Å². The van der Waals surface area contributed by atoms with Crippen LogP contribution in [0.1, 0.15) is 72.0 Å². The van der Waals surface area contributed by atoms with Crippen LogP contribution in [0.2, 0.25) is 0 Å². The largest absolute Gasteiger partial charge is 0.418 e. The highest BCUT2D eigenvalue weighted by molar-refractivity contribution is 6.00. The Morgan fingerprint density at radius 2 is 1.73 bits per heavy atom. The third-order valence-corrected chi connectivity index (χ3v) is 6.36. The molecule has 1 aliphatic carbocycles. The van der Waals surface area contributed by atoms with Crippen molar-refractivity contribution < 1.29 is 22.8 Å². The number of aryl methyl sites for hydroxylation is 1. The van der Waals surface area contributed by atoms with Gasteiger partial charge in [0.15, 0.2) is 5.78 Å². The number of benzene rings is 1. The van der Waals surface area contributed by atoms with Crippen molar-refractivity contribution in [3.8, 4) is 0 Å². The number of hydrogen-bond acceptors (Lipinski definition) is 6. The molecule has 1 amide bonds. The lowest BCUT2D eigenvalue weighted by Gasteiger charge is -2.16. The van der Waals surface area contributed by atoms with Gasteiger partial charge in [-0.2, -0.15) is 13.2 Å². The molecule has 7 nitrogen and oxygen atoms in total. The summed E-state index contributed by atoms with van der Waals surface area (Å²) in [6.07, 6.45) is 1.25. The van der Waals surface area contributed by atoms with E-state index in [4.69, 9.17) is 0 Å². The van der Waals surface area contributed by atoms with Gasteiger partial charge in [-0.25, -0.2) is 9.97 Å². The minimum absolute atomic E-state index is 0.0643. The van der Waals surface area contributed by atoms with E-state index in [0.717, 1.165) is 6.07 Å². The van der Waals surface area contributed by atoms with Gasteiger partial charge in [0.2, 0.25) is 5.91 Å². The summed E-state index contributed by atoms with van der Waals surface area (Å²) in [7, 11) is 0. The molecule has 1 aliphatic rings. The van der Waals surface area contributed by atoms with Gasteiger partial charge >= 0.3 is 6.18 Å². The molecule has 0 saturated heterocycles. The first-order valence-electron chi connectivity index (χ1n) is 12.0. The molecule has 1 fully saturated rings. The summed E-state index contributed by atoms with van der Waals surface area (Å²) >= 11 is 0. The van der Waals surface area contributed by atoms with Crippen molar-refractivity contribution in [2.45, 2.75) is 58.7 Å². The van der Waals surface area contributed by atoms with E-state index in [1.54, 1.807) is 25.1 Å². The van der Waals surface area contributed by atoms with Crippen molar-refractivity contribution >= 4 is 23.1 Å². The zero-order chi connectivity index (χ0) is 26.8. The van der Waals surface area contributed by atoms with Crippen LogP contribution in [0.4, 0.5) is 24.5 Å². The minimum atomic E-state index is -4.49. The third-order valence-electron chi connectivity index (χ3n) is 6.36. The standard InChI is InChI=1S/C27H28F3N5O2/c1-16(2)24-32-12-18(13-33-24)23(36)11-26(8-9-26)25(37)34-14-19-5-6-20(15-31-19)35-22-7-4-17(3)10-21(22)27(28,29)30/h4-7,10,12-13,15-16,35H,8-9,11,14H2,1-3H3,(H,34,37). The van der Waals surface area contributed by atoms with Gasteiger partial charge in [0.05, 0.1) is 46.4 Å². The summed E-state index contributed by atoms with van der Waals surface area (Å²) in [6, 6.07) is 7.30. The van der Waals surface area contributed by atoms with E-state index in [0.29, 0.717) is 41.2 Å². The van der Waals surface area contributed by atoms with Crippen LogP contribution in [0.15, 0.2) is 48.9 Å². The second-order valence-electron chi connectivity index (χ2n) is 9.76. The molecule has 0 aliphatic heterocycles. The number of nitrogens with zero attached hydrogens (tertiary/aromatic N) is 3. The van der Waals surface area contributed by atoms with Gasteiger partial charge in [0.25, 0.3) is 0 Å². The second-order valence-corrected chi connectivity index (χ2v) is 9.76.